The average Bonchev–Trinajstić information content (AvgIpc) is 2.78. The van der Waals surface area contributed by atoms with Gasteiger partial charge in [-0.15, -0.1) is 0 Å². The van der Waals surface area contributed by atoms with Crippen LogP contribution in [0.5, 0.6) is 0 Å². The number of ether oxygens (including phenoxy) is 1. The van der Waals surface area contributed by atoms with E-state index in [1.807, 2.05) is 30.3 Å². The zero-order valence-electron chi connectivity index (χ0n) is 16.9. The molecule has 0 spiro atoms. The Morgan fingerprint density at radius 3 is 2.30 bits per heavy atom. The number of carbonyl (C=O) groups is 1. The summed E-state index contributed by atoms with van der Waals surface area (Å²) in [5.74, 6) is -0.534. The Labute approximate surface area is 177 Å². The summed E-state index contributed by atoms with van der Waals surface area (Å²) in [5, 5.41) is 3.39. The molecule has 0 aromatic heterocycles. The van der Waals surface area contributed by atoms with Crippen molar-refractivity contribution in [1.82, 2.24) is 5.32 Å². The highest BCUT2D eigenvalue weighted by Gasteiger charge is 2.19. The number of hydrogen-bond donors (Lipinski definition) is 1. The molecule has 3 aromatic rings. The predicted molar refractivity (Wildman–Crippen MR) is 116 cm³/mol. The van der Waals surface area contributed by atoms with Gasteiger partial charge in [-0.05, 0) is 61.3 Å². The molecular weight excluding hydrogens is 398 g/mol. The summed E-state index contributed by atoms with van der Waals surface area (Å²) in [6.45, 7) is 3.53. The number of esters is 1. The standard InChI is InChI=1S/C24H25NO4S/c1-2-29-24(26)21-9-6-10-23(17-21)30(27,28)22-13-11-19(12-14-22)15-16-25-18-20-7-4-3-5-8-20/h3-14,17,25H,2,15-16,18H2,1H3. The lowest BCUT2D eigenvalue weighted by molar-refractivity contribution is 0.0526. The van der Waals surface area contributed by atoms with Crippen molar-refractivity contribution in [2.24, 2.45) is 0 Å². The number of carbonyl (C=O) groups excluding carboxylic acids is 1. The lowest BCUT2D eigenvalue weighted by Gasteiger charge is -2.09. The molecule has 1 N–H and O–H groups in total. The molecule has 0 aliphatic rings. The average molecular weight is 424 g/mol. The Hall–Kier alpha value is -2.96. The summed E-state index contributed by atoms with van der Waals surface area (Å²) in [7, 11) is -3.71. The van der Waals surface area contributed by atoms with Crippen LogP contribution in [0.25, 0.3) is 0 Å². The second kappa shape index (κ2) is 10.2. The summed E-state index contributed by atoms with van der Waals surface area (Å²) < 4.78 is 30.8. The SMILES string of the molecule is CCOC(=O)c1cccc(S(=O)(=O)c2ccc(CCNCc3ccccc3)cc2)c1. The van der Waals surface area contributed by atoms with Gasteiger partial charge in [-0.2, -0.15) is 0 Å². The van der Waals surface area contributed by atoms with Gasteiger partial charge in [-0.3, -0.25) is 0 Å². The Balaban J connectivity index is 1.63. The van der Waals surface area contributed by atoms with Crippen LogP contribution in [0.3, 0.4) is 0 Å². The van der Waals surface area contributed by atoms with Crippen LogP contribution < -0.4 is 5.32 Å². The van der Waals surface area contributed by atoms with Crippen molar-refractivity contribution in [3.8, 4) is 0 Å². The normalized spacial score (nSPS) is 11.2. The first kappa shape index (κ1) is 21.7. The predicted octanol–water partition coefficient (Wildman–Crippen LogP) is 4.03. The molecule has 0 saturated heterocycles. The first-order valence-electron chi connectivity index (χ1n) is 9.86. The molecule has 0 aliphatic heterocycles. The van der Waals surface area contributed by atoms with Crippen LogP contribution in [0.1, 0.15) is 28.4 Å². The first-order chi connectivity index (χ1) is 14.5. The van der Waals surface area contributed by atoms with Crippen molar-refractivity contribution in [2.45, 2.75) is 29.7 Å². The summed E-state index contributed by atoms with van der Waals surface area (Å²) in [6.07, 6.45) is 0.797. The Morgan fingerprint density at radius 2 is 1.60 bits per heavy atom. The topological polar surface area (TPSA) is 72.5 Å². The highest BCUT2D eigenvalue weighted by atomic mass is 32.2. The molecule has 0 bridgehead atoms. The van der Waals surface area contributed by atoms with E-state index in [0.717, 1.165) is 25.1 Å². The molecule has 0 radical (unpaired) electrons. The second-order valence-corrected chi connectivity index (χ2v) is 8.76. The van der Waals surface area contributed by atoms with Gasteiger partial charge in [0.15, 0.2) is 0 Å². The van der Waals surface area contributed by atoms with Gasteiger partial charge >= 0.3 is 5.97 Å². The van der Waals surface area contributed by atoms with Crippen LogP contribution in [-0.2, 0) is 27.5 Å². The van der Waals surface area contributed by atoms with Crippen LogP contribution in [0.2, 0.25) is 0 Å². The van der Waals surface area contributed by atoms with Gasteiger partial charge in [-0.25, -0.2) is 13.2 Å². The first-order valence-corrected chi connectivity index (χ1v) is 11.3. The smallest absolute Gasteiger partial charge is 0.338 e. The fraction of sp³-hybridized carbons (Fsp3) is 0.208. The van der Waals surface area contributed by atoms with Crippen LogP contribution in [0.4, 0.5) is 0 Å². The van der Waals surface area contributed by atoms with E-state index in [1.54, 1.807) is 31.2 Å². The van der Waals surface area contributed by atoms with Crippen molar-refractivity contribution < 1.29 is 17.9 Å². The van der Waals surface area contributed by atoms with Crippen molar-refractivity contribution in [2.75, 3.05) is 13.2 Å². The quantitative estimate of drug-likeness (QED) is 0.416. The molecule has 0 aliphatic carbocycles. The zero-order valence-corrected chi connectivity index (χ0v) is 17.7. The van der Waals surface area contributed by atoms with E-state index in [2.05, 4.69) is 17.4 Å². The number of nitrogens with one attached hydrogen (secondary N) is 1. The van der Waals surface area contributed by atoms with Gasteiger partial charge in [0, 0.05) is 6.54 Å². The second-order valence-electron chi connectivity index (χ2n) is 6.81. The molecule has 3 aromatic carbocycles. The van der Waals surface area contributed by atoms with E-state index >= 15 is 0 Å². The Bertz CT molecular complexity index is 1080. The van der Waals surface area contributed by atoms with Gasteiger partial charge in [0.05, 0.1) is 22.0 Å². The number of sulfone groups is 1. The van der Waals surface area contributed by atoms with Crippen LogP contribution in [0, 0.1) is 0 Å². The summed E-state index contributed by atoms with van der Waals surface area (Å²) in [5.41, 5.74) is 2.50. The van der Waals surface area contributed by atoms with Crippen LogP contribution >= 0.6 is 0 Å². The van der Waals surface area contributed by atoms with E-state index < -0.39 is 15.8 Å². The molecule has 0 amide bonds. The number of benzene rings is 3. The largest absolute Gasteiger partial charge is 0.462 e. The molecule has 3 rings (SSSR count). The third-order valence-corrected chi connectivity index (χ3v) is 6.42. The van der Waals surface area contributed by atoms with E-state index in [1.165, 1.54) is 17.7 Å². The minimum Gasteiger partial charge on any atom is -0.462 e. The third kappa shape index (κ3) is 5.55. The van der Waals surface area contributed by atoms with E-state index in [-0.39, 0.29) is 22.0 Å². The molecule has 0 saturated carbocycles. The maximum Gasteiger partial charge on any atom is 0.338 e. The van der Waals surface area contributed by atoms with Crippen molar-refractivity contribution in [3.63, 3.8) is 0 Å². The van der Waals surface area contributed by atoms with Gasteiger partial charge < -0.3 is 10.1 Å². The van der Waals surface area contributed by atoms with Gasteiger partial charge in [0.2, 0.25) is 9.84 Å². The van der Waals surface area contributed by atoms with E-state index in [0.29, 0.717) is 0 Å². The van der Waals surface area contributed by atoms with Gasteiger partial charge in [0.1, 0.15) is 0 Å². The maximum atomic E-state index is 12.9. The molecule has 0 unspecified atom stereocenters. The Kier molecular flexibility index (Phi) is 7.38. The van der Waals surface area contributed by atoms with Crippen molar-refractivity contribution in [1.29, 1.82) is 0 Å². The lowest BCUT2D eigenvalue weighted by Crippen LogP contribution is -2.16. The minimum atomic E-state index is -3.71. The minimum absolute atomic E-state index is 0.0744. The molecule has 6 heteroatoms. The zero-order chi connectivity index (χ0) is 21.4. The molecule has 156 valence electrons. The van der Waals surface area contributed by atoms with E-state index in [4.69, 9.17) is 4.74 Å². The highest BCUT2D eigenvalue weighted by molar-refractivity contribution is 7.91. The summed E-state index contributed by atoms with van der Waals surface area (Å²) >= 11 is 0. The summed E-state index contributed by atoms with van der Waals surface area (Å²) in [4.78, 5) is 12.2. The van der Waals surface area contributed by atoms with Crippen molar-refractivity contribution >= 4 is 15.8 Å². The van der Waals surface area contributed by atoms with Crippen LogP contribution in [-0.4, -0.2) is 27.5 Å². The fourth-order valence-corrected chi connectivity index (χ4v) is 4.34. The number of hydrogen-bond acceptors (Lipinski definition) is 5. The van der Waals surface area contributed by atoms with Gasteiger partial charge in [-0.1, -0.05) is 48.5 Å². The maximum absolute atomic E-state index is 12.9. The molecule has 0 fully saturated rings. The fourth-order valence-electron chi connectivity index (χ4n) is 3.04. The molecule has 0 heterocycles. The molecular formula is C24H25NO4S. The summed E-state index contributed by atoms with van der Waals surface area (Å²) in [6, 6.07) is 23.0. The number of rotatable bonds is 9. The van der Waals surface area contributed by atoms with E-state index in [9.17, 15) is 13.2 Å². The highest BCUT2D eigenvalue weighted by Crippen LogP contribution is 2.22. The lowest BCUT2D eigenvalue weighted by atomic mass is 10.1. The van der Waals surface area contributed by atoms with Crippen LogP contribution in [0.15, 0.2) is 88.7 Å². The molecule has 30 heavy (non-hydrogen) atoms. The van der Waals surface area contributed by atoms with Gasteiger partial charge in [0.25, 0.3) is 0 Å². The molecule has 0 atom stereocenters. The monoisotopic (exact) mass is 423 g/mol. The third-order valence-electron chi connectivity index (χ3n) is 4.65. The molecule has 5 nitrogen and oxygen atoms in total. The van der Waals surface area contributed by atoms with Crippen molar-refractivity contribution in [3.05, 3.63) is 95.6 Å². The Morgan fingerprint density at radius 1 is 0.867 bits per heavy atom.